The van der Waals surface area contributed by atoms with Crippen molar-refractivity contribution in [2.24, 2.45) is 0 Å². The summed E-state index contributed by atoms with van der Waals surface area (Å²) in [5, 5.41) is 11.6. The fourth-order valence-electron chi connectivity index (χ4n) is 1.97. The second-order valence-corrected chi connectivity index (χ2v) is 4.25. The maximum atomic E-state index is 11.5. The molecule has 2 rings (SSSR count). The summed E-state index contributed by atoms with van der Waals surface area (Å²) in [6.07, 6.45) is 0. The van der Waals surface area contributed by atoms with Gasteiger partial charge >= 0.3 is 0 Å². The zero-order chi connectivity index (χ0) is 12.3. The molecule has 0 aromatic heterocycles. The first-order chi connectivity index (χ1) is 8.20. The Labute approximate surface area is 101 Å². The van der Waals surface area contributed by atoms with Gasteiger partial charge in [0.15, 0.2) is 0 Å². The molecular formula is C13H15N3O. The van der Waals surface area contributed by atoms with E-state index in [4.69, 9.17) is 5.26 Å². The zero-order valence-electron chi connectivity index (χ0n) is 9.81. The molecule has 1 saturated heterocycles. The molecule has 0 bridgehead atoms. The van der Waals surface area contributed by atoms with Gasteiger partial charge in [-0.05, 0) is 24.6 Å². The number of benzene rings is 1. The highest BCUT2D eigenvalue weighted by molar-refractivity contribution is 5.81. The summed E-state index contributed by atoms with van der Waals surface area (Å²) < 4.78 is 0. The third kappa shape index (κ3) is 2.63. The Kier molecular flexibility index (Phi) is 3.40. The molecule has 1 N–H and O–H groups in total. The standard InChI is InChI=1S/C13H15N3O/c1-10-13(17)15-6-7-16(10)9-12-4-2-11(8-14)3-5-12/h2-5,10H,6-7,9H2,1H3,(H,15,17). The topological polar surface area (TPSA) is 56.1 Å². The van der Waals surface area contributed by atoms with Gasteiger partial charge in [0.05, 0.1) is 17.7 Å². The highest BCUT2D eigenvalue weighted by Crippen LogP contribution is 2.11. The number of hydrogen-bond donors (Lipinski definition) is 1. The molecule has 1 fully saturated rings. The van der Waals surface area contributed by atoms with Gasteiger partial charge in [0.25, 0.3) is 0 Å². The van der Waals surface area contributed by atoms with Crippen LogP contribution in [0.3, 0.4) is 0 Å². The van der Waals surface area contributed by atoms with Crippen LogP contribution >= 0.6 is 0 Å². The van der Waals surface area contributed by atoms with Crippen molar-refractivity contribution in [3.8, 4) is 6.07 Å². The number of nitrogens with one attached hydrogen (secondary N) is 1. The number of hydrogen-bond acceptors (Lipinski definition) is 3. The lowest BCUT2D eigenvalue weighted by molar-refractivity contribution is -0.128. The van der Waals surface area contributed by atoms with Crippen molar-refractivity contribution in [2.75, 3.05) is 13.1 Å². The lowest BCUT2D eigenvalue weighted by atomic mass is 10.1. The molecule has 0 aliphatic carbocycles. The monoisotopic (exact) mass is 229 g/mol. The Morgan fingerprint density at radius 2 is 2.18 bits per heavy atom. The summed E-state index contributed by atoms with van der Waals surface area (Å²) in [5.41, 5.74) is 1.80. The Hall–Kier alpha value is -1.86. The van der Waals surface area contributed by atoms with Crippen molar-refractivity contribution >= 4 is 5.91 Å². The van der Waals surface area contributed by atoms with Crippen molar-refractivity contribution in [2.45, 2.75) is 19.5 Å². The van der Waals surface area contributed by atoms with Crippen LogP contribution in [0.2, 0.25) is 0 Å². The highest BCUT2D eigenvalue weighted by Gasteiger charge is 2.24. The minimum absolute atomic E-state index is 0.0839. The highest BCUT2D eigenvalue weighted by atomic mass is 16.2. The molecule has 1 aliphatic rings. The predicted octanol–water partition coefficient (Wildman–Crippen LogP) is 0.879. The third-order valence-corrected chi connectivity index (χ3v) is 3.09. The maximum absolute atomic E-state index is 11.5. The summed E-state index contributed by atoms with van der Waals surface area (Å²) >= 11 is 0. The van der Waals surface area contributed by atoms with Gasteiger partial charge in [0.2, 0.25) is 5.91 Å². The number of nitriles is 1. The predicted molar refractivity (Wildman–Crippen MR) is 64.0 cm³/mol. The molecule has 0 spiro atoms. The first kappa shape index (κ1) is 11.6. The van der Waals surface area contributed by atoms with E-state index >= 15 is 0 Å². The Morgan fingerprint density at radius 1 is 1.47 bits per heavy atom. The van der Waals surface area contributed by atoms with Gasteiger partial charge in [0, 0.05) is 19.6 Å². The minimum atomic E-state index is -0.0839. The molecule has 4 nitrogen and oxygen atoms in total. The van der Waals surface area contributed by atoms with E-state index in [1.165, 1.54) is 0 Å². The Morgan fingerprint density at radius 3 is 2.82 bits per heavy atom. The molecule has 88 valence electrons. The number of rotatable bonds is 2. The van der Waals surface area contributed by atoms with Crippen LogP contribution in [-0.4, -0.2) is 29.9 Å². The van der Waals surface area contributed by atoms with E-state index in [0.29, 0.717) is 12.1 Å². The fourth-order valence-corrected chi connectivity index (χ4v) is 1.97. The van der Waals surface area contributed by atoms with Crippen molar-refractivity contribution in [1.82, 2.24) is 10.2 Å². The van der Waals surface area contributed by atoms with Crippen LogP contribution in [0.1, 0.15) is 18.1 Å². The summed E-state index contributed by atoms with van der Waals surface area (Å²) in [6.45, 7) is 4.24. The first-order valence-corrected chi connectivity index (χ1v) is 5.71. The second-order valence-electron chi connectivity index (χ2n) is 4.25. The van der Waals surface area contributed by atoms with E-state index in [9.17, 15) is 4.79 Å². The molecule has 1 atom stereocenters. The Balaban J connectivity index is 2.04. The average molecular weight is 229 g/mol. The van der Waals surface area contributed by atoms with Gasteiger partial charge in [-0.15, -0.1) is 0 Å². The van der Waals surface area contributed by atoms with Gasteiger partial charge in [-0.1, -0.05) is 12.1 Å². The van der Waals surface area contributed by atoms with E-state index < -0.39 is 0 Å². The van der Waals surface area contributed by atoms with Crippen LogP contribution < -0.4 is 5.32 Å². The molecule has 1 aliphatic heterocycles. The molecule has 1 heterocycles. The van der Waals surface area contributed by atoms with Crippen molar-refractivity contribution < 1.29 is 4.79 Å². The van der Waals surface area contributed by atoms with E-state index in [0.717, 1.165) is 18.7 Å². The van der Waals surface area contributed by atoms with Gasteiger partial charge in [0.1, 0.15) is 0 Å². The fraction of sp³-hybridized carbons (Fsp3) is 0.385. The van der Waals surface area contributed by atoms with E-state index in [1.807, 2.05) is 31.2 Å². The zero-order valence-corrected chi connectivity index (χ0v) is 9.81. The van der Waals surface area contributed by atoms with Gasteiger partial charge in [-0.2, -0.15) is 5.26 Å². The molecule has 1 aromatic rings. The van der Waals surface area contributed by atoms with Crippen LogP contribution in [-0.2, 0) is 11.3 Å². The molecule has 4 heteroatoms. The van der Waals surface area contributed by atoms with Crippen LogP contribution in [0.15, 0.2) is 24.3 Å². The molecule has 1 aromatic carbocycles. The van der Waals surface area contributed by atoms with Gasteiger partial charge in [-0.3, -0.25) is 9.69 Å². The molecule has 17 heavy (non-hydrogen) atoms. The molecular weight excluding hydrogens is 214 g/mol. The van der Waals surface area contributed by atoms with Crippen LogP contribution in [0.5, 0.6) is 0 Å². The van der Waals surface area contributed by atoms with Crippen LogP contribution in [0, 0.1) is 11.3 Å². The van der Waals surface area contributed by atoms with Crippen molar-refractivity contribution in [3.05, 3.63) is 35.4 Å². The minimum Gasteiger partial charge on any atom is -0.353 e. The summed E-state index contributed by atoms with van der Waals surface area (Å²) in [6, 6.07) is 9.52. The third-order valence-electron chi connectivity index (χ3n) is 3.09. The van der Waals surface area contributed by atoms with E-state index in [2.05, 4.69) is 16.3 Å². The molecule has 1 amide bonds. The number of carbonyl (C=O) groups excluding carboxylic acids is 1. The number of carbonyl (C=O) groups is 1. The smallest absolute Gasteiger partial charge is 0.237 e. The Bertz CT molecular complexity index is 447. The lowest BCUT2D eigenvalue weighted by Gasteiger charge is -2.32. The quantitative estimate of drug-likeness (QED) is 0.819. The summed E-state index contributed by atoms with van der Waals surface area (Å²) in [7, 11) is 0. The SMILES string of the molecule is CC1C(=O)NCCN1Cc1ccc(C#N)cc1. The molecule has 0 radical (unpaired) electrons. The van der Waals surface area contributed by atoms with E-state index in [1.54, 1.807) is 0 Å². The largest absolute Gasteiger partial charge is 0.353 e. The van der Waals surface area contributed by atoms with Crippen molar-refractivity contribution in [1.29, 1.82) is 5.26 Å². The number of nitrogens with zero attached hydrogens (tertiary/aromatic N) is 2. The molecule has 0 saturated carbocycles. The molecule has 1 unspecified atom stereocenters. The average Bonchev–Trinajstić information content (AvgIpc) is 2.36. The summed E-state index contributed by atoms with van der Waals surface area (Å²) in [4.78, 5) is 13.6. The lowest BCUT2D eigenvalue weighted by Crippen LogP contribution is -2.53. The number of amides is 1. The van der Waals surface area contributed by atoms with Crippen LogP contribution in [0.25, 0.3) is 0 Å². The maximum Gasteiger partial charge on any atom is 0.237 e. The van der Waals surface area contributed by atoms with Gasteiger partial charge in [-0.25, -0.2) is 0 Å². The second kappa shape index (κ2) is 4.98. The van der Waals surface area contributed by atoms with Crippen LogP contribution in [0.4, 0.5) is 0 Å². The van der Waals surface area contributed by atoms with Gasteiger partial charge < -0.3 is 5.32 Å². The van der Waals surface area contributed by atoms with E-state index in [-0.39, 0.29) is 11.9 Å². The summed E-state index contributed by atoms with van der Waals surface area (Å²) in [5.74, 6) is 0.0879. The van der Waals surface area contributed by atoms with Crippen molar-refractivity contribution in [3.63, 3.8) is 0 Å². The first-order valence-electron chi connectivity index (χ1n) is 5.71. The normalized spacial score (nSPS) is 20.7. The number of piperazine rings is 1.